The van der Waals surface area contributed by atoms with E-state index >= 15 is 0 Å². The molecule has 0 spiro atoms. The van der Waals surface area contributed by atoms with Gasteiger partial charge in [-0.05, 0) is 25.0 Å². The van der Waals surface area contributed by atoms with Crippen molar-refractivity contribution in [3.63, 3.8) is 0 Å². The molecule has 0 fully saturated rings. The number of aromatic nitrogens is 2. The van der Waals surface area contributed by atoms with Gasteiger partial charge in [0.25, 0.3) is 11.7 Å². The Hall–Kier alpha value is -2.37. The molecule has 0 radical (unpaired) electrons. The van der Waals surface area contributed by atoms with E-state index in [-0.39, 0.29) is 5.76 Å². The van der Waals surface area contributed by atoms with Crippen LogP contribution in [0.25, 0.3) is 0 Å². The van der Waals surface area contributed by atoms with Gasteiger partial charge in [-0.25, -0.2) is 0 Å². The van der Waals surface area contributed by atoms with E-state index in [2.05, 4.69) is 24.0 Å². The molecule has 0 aromatic carbocycles. The van der Waals surface area contributed by atoms with E-state index in [4.69, 9.17) is 4.42 Å². The summed E-state index contributed by atoms with van der Waals surface area (Å²) >= 11 is 0. The number of ketones is 1. The van der Waals surface area contributed by atoms with Gasteiger partial charge >= 0.3 is 0 Å². The summed E-state index contributed by atoms with van der Waals surface area (Å²) < 4.78 is 5.07. The first-order valence-electron chi connectivity index (χ1n) is 9.08. The van der Waals surface area contributed by atoms with Crippen LogP contribution in [0, 0.1) is 0 Å². The maximum Gasteiger partial charge on any atom is 0.298 e. The van der Waals surface area contributed by atoms with Gasteiger partial charge in [-0.15, -0.1) is 0 Å². The SMILES string of the molecule is CCCC(CCC)c1n[nH]c2c1CN(C(=O)C(=O)c1ccco1)CC2. The number of rotatable bonds is 7. The molecule has 0 aliphatic carbocycles. The average molecular weight is 343 g/mol. The van der Waals surface area contributed by atoms with Crippen molar-refractivity contribution in [1.29, 1.82) is 0 Å². The Labute approximate surface area is 147 Å². The first-order valence-corrected chi connectivity index (χ1v) is 9.08. The molecule has 6 nitrogen and oxygen atoms in total. The van der Waals surface area contributed by atoms with Crippen molar-refractivity contribution < 1.29 is 14.0 Å². The fourth-order valence-corrected chi connectivity index (χ4v) is 3.60. The largest absolute Gasteiger partial charge is 0.461 e. The zero-order valence-corrected chi connectivity index (χ0v) is 14.9. The predicted octanol–water partition coefficient (Wildman–Crippen LogP) is 3.45. The first kappa shape index (κ1) is 17.5. The number of hydrogen-bond acceptors (Lipinski definition) is 4. The summed E-state index contributed by atoms with van der Waals surface area (Å²) in [5.41, 5.74) is 3.27. The fraction of sp³-hybridized carbons (Fsp3) is 0.526. The smallest absolute Gasteiger partial charge is 0.298 e. The summed E-state index contributed by atoms with van der Waals surface area (Å²) in [7, 11) is 0. The molecule has 0 unspecified atom stereocenters. The summed E-state index contributed by atoms with van der Waals surface area (Å²) in [4.78, 5) is 26.4. The number of amides is 1. The fourth-order valence-electron chi connectivity index (χ4n) is 3.60. The van der Waals surface area contributed by atoms with Crippen molar-refractivity contribution in [2.75, 3.05) is 6.54 Å². The molecule has 1 aliphatic heterocycles. The van der Waals surface area contributed by atoms with Gasteiger partial charge in [0.05, 0.1) is 12.0 Å². The van der Waals surface area contributed by atoms with Crippen LogP contribution in [0.15, 0.2) is 22.8 Å². The van der Waals surface area contributed by atoms with Crippen molar-refractivity contribution in [3.05, 3.63) is 41.1 Å². The average Bonchev–Trinajstić information content (AvgIpc) is 3.29. The van der Waals surface area contributed by atoms with Crippen LogP contribution in [0.2, 0.25) is 0 Å². The lowest BCUT2D eigenvalue weighted by Crippen LogP contribution is -2.40. The van der Waals surface area contributed by atoms with Gasteiger partial charge in [0, 0.05) is 36.7 Å². The van der Waals surface area contributed by atoms with E-state index in [0.29, 0.717) is 25.4 Å². The van der Waals surface area contributed by atoms with Crippen LogP contribution in [0.4, 0.5) is 0 Å². The maximum atomic E-state index is 12.5. The minimum absolute atomic E-state index is 0.0954. The molecule has 0 saturated carbocycles. The third-order valence-electron chi connectivity index (χ3n) is 4.85. The lowest BCUT2D eigenvalue weighted by Gasteiger charge is -2.27. The zero-order chi connectivity index (χ0) is 17.8. The van der Waals surface area contributed by atoms with Crippen molar-refractivity contribution in [3.8, 4) is 0 Å². The maximum absolute atomic E-state index is 12.5. The Balaban J connectivity index is 1.79. The van der Waals surface area contributed by atoms with Gasteiger partial charge in [-0.3, -0.25) is 14.7 Å². The number of hydrogen-bond donors (Lipinski definition) is 1. The van der Waals surface area contributed by atoms with Crippen LogP contribution in [0.3, 0.4) is 0 Å². The molecule has 134 valence electrons. The van der Waals surface area contributed by atoms with Crippen LogP contribution >= 0.6 is 0 Å². The number of furan rings is 1. The summed E-state index contributed by atoms with van der Waals surface area (Å²) in [6.45, 7) is 5.32. The van der Waals surface area contributed by atoms with Gasteiger partial charge in [0.1, 0.15) is 0 Å². The van der Waals surface area contributed by atoms with Crippen molar-refractivity contribution in [1.82, 2.24) is 15.1 Å². The molecule has 6 heteroatoms. The molecule has 1 amide bonds. The Morgan fingerprint density at radius 2 is 2.08 bits per heavy atom. The van der Waals surface area contributed by atoms with Crippen LogP contribution in [-0.4, -0.2) is 33.3 Å². The normalized spacial score (nSPS) is 14.0. The van der Waals surface area contributed by atoms with Crippen LogP contribution < -0.4 is 0 Å². The quantitative estimate of drug-likeness (QED) is 0.617. The highest BCUT2D eigenvalue weighted by molar-refractivity contribution is 6.41. The number of nitrogens with zero attached hydrogens (tertiary/aromatic N) is 2. The molecule has 2 aromatic rings. The van der Waals surface area contributed by atoms with E-state index < -0.39 is 11.7 Å². The minimum atomic E-state index is -0.586. The highest BCUT2D eigenvalue weighted by Crippen LogP contribution is 2.31. The lowest BCUT2D eigenvalue weighted by atomic mass is 9.90. The summed E-state index contributed by atoms with van der Waals surface area (Å²) in [6, 6.07) is 3.14. The standard InChI is InChI=1S/C19H25N3O3/c1-3-6-13(7-4-2)17-14-12-22(10-9-15(14)20-21-17)19(24)18(23)16-8-5-11-25-16/h5,8,11,13H,3-4,6-7,9-10,12H2,1-2H3,(H,20,21). The number of carbonyl (C=O) groups is 2. The molecule has 1 N–H and O–H groups in total. The first-order chi connectivity index (χ1) is 12.2. The molecule has 0 atom stereocenters. The Morgan fingerprint density at radius 3 is 2.72 bits per heavy atom. The topological polar surface area (TPSA) is 79.2 Å². The molecule has 3 rings (SSSR count). The molecule has 25 heavy (non-hydrogen) atoms. The Bertz CT molecular complexity index is 727. The second-order valence-corrected chi connectivity index (χ2v) is 6.62. The van der Waals surface area contributed by atoms with E-state index in [1.165, 1.54) is 12.3 Å². The second kappa shape index (κ2) is 7.68. The molecule has 3 heterocycles. The van der Waals surface area contributed by atoms with Gasteiger partial charge in [0.2, 0.25) is 0 Å². The minimum Gasteiger partial charge on any atom is -0.461 e. The lowest BCUT2D eigenvalue weighted by molar-refractivity contribution is -0.127. The Kier molecular flexibility index (Phi) is 5.36. The van der Waals surface area contributed by atoms with E-state index in [9.17, 15) is 9.59 Å². The molecule has 1 aliphatic rings. The van der Waals surface area contributed by atoms with Crippen LogP contribution in [0.1, 0.15) is 73.0 Å². The summed E-state index contributed by atoms with van der Waals surface area (Å²) in [5.74, 6) is -0.587. The van der Waals surface area contributed by atoms with Crippen molar-refractivity contribution in [2.45, 2.75) is 58.4 Å². The predicted molar refractivity (Wildman–Crippen MR) is 93.3 cm³/mol. The third kappa shape index (κ3) is 3.52. The zero-order valence-electron chi connectivity index (χ0n) is 14.9. The van der Waals surface area contributed by atoms with Gasteiger partial charge < -0.3 is 9.32 Å². The summed E-state index contributed by atoms with van der Waals surface area (Å²) in [6.07, 6.45) is 6.49. The van der Waals surface area contributed by atoms with Gasteiger partial charge in [-0.2, -0.15) is 5.10 Å². The number of carbonyl (C=O) groups excluding carboxylic acids is 2. The molecular weight excluding hydrogens is 318 g/mol. The molecule has 0 saturated heterocycles. The number of Topliss-reactive ketones (excluding diaryl/α,β-unsaturated/α-hetero) is 1. The molecular formula is C19H25N3O3. The molecule has 0 bridgehead atoms. The highest BCUT2D eigenvalue weighted by Gasteiger charge is 2.31. The third-order valence-corrected chi connectivity index (χ3v) is 4.85. The number of H-pyrrole nitrogens is 1. The van der Waals surface area contributed by atoms with Gasteiger partial charge in [-0.1, -0.05) is 26.7 Å². The van der Waals surface area contributed by atoms with E-state index in [1.54, 1.807) is 11.0 Å². The highest BCUT2D eigenvalue weighted by atomic mass is 16.3. The second-order valence-electron chi connectivity index (χ2n) is 6.62. The summed E-state index contributed by atoms with van der Waals surface area (Å²) in [5, 5.41) is 7.71. The Morgan fingerprint density at radius 1 is 1.32 bits per heavy atom. The van der Waals surface area contributed by atoms with Gasteiger partial charge in [0.15, 0.2) is 5.76 Å². The van der Waals surface area contributed by atoms with Crippen LogP contribution in [-0.2, 0) is 17.8 Å². The van der Waals surface area contributed by atoms with Crippen LogP contribution in [0.5, 0.6) is 0 Å². The van der Waals surface area contributed by atoms with Crippen molar-refractivity contribution in [2.24, 2.45) is 0 Å². The monoisotopic (exact) mass is 343 g/mol. The number of fused-ring (bicyclic) bond motifs is 1. The number of aromatic amines is 1. The van der Waals surface area contributed by atoms with E-state index in [0.717, 1.165) is 42.6 Å². The number of nitrogens with one attached hydrogen (secondary N) is 1. The van der Waals surface area contributed by atoms with Crippen molar-refractivity contribution >= 4 is 11.7 Å². The molecule has 2 aromatic heterocycles. The van der Waals surface area contributed by atoms with E-state index in [1.807, 2.05) is 0 Å².